The fraction of sp³-hybridized carbons (Fsp3) is 0.765. The van der Waals surface area contributed by atoms with Crippen LogP contribution in [0, 0.1) is 0 Å². The van der Waals surface area contributed by atoms with E-state index in [2.05, 4.69) is 41.5 Å². The average molecular weight is 329 g/mol. The minimum absolute atomic E-state index is 0.321. The van der Waals surface area contributed by atoms with E-state index in [9.17, 15) is 9.59 Å². The highest BCUT2D eigenvalue weighted by Crippen LogP contribution is 2.42. The Bertz CT molecular complexity index is 364. The molecular weight excluding hydrogens is 296 g/mol. The Hall–Kier alpha value is -1.10. The molecule has 5 heteroatoms. The Morgan fingerprint density at radius 3 is 1.77 bits per heavy atom. The van der Waals surface area contributed by atoms with Gasteiger partial charge in [0, 0.05) is 12.2 Å². The van der Waals surface area contributed by atoms with Gasteiger partial charge in [-0.2, -0.15) is 0 Å². The van der Waals surface area contributed by atoms with Gasteiger partial charge in [0.15, 0.2) is 0 Å². The lowest BCUT2D eigenvalue weighted by Crippen LogP contribution is -2.49. The van der Waals surface area contributed by atoms with Crippen LogP contribution < -0.4 is 0 Å². The smallest absolute Gasteiger partial charge is 0.331 e. The summed E-state index contributed by atoms with van der Waals surface area (Å²) in [6.07, 6.45) is 4.15. The number of rotatable bonds is 9. The Kier molecular flexibility index (Phi) is 9.33. The van der Waals surface area contributed by atoms with Crippen molar-refractivity contribution in [2.24, 2.45) is 0 Å². The molecule has 0 fully saturated rings. The molecule has 0 saturated heterocycles. The zero-order valence-electron chi connectivity index (χ0n) is 15.1. The predicted molar refractivity (Wildman–Crippen MR) is 92.1 cm³/mol. The maximum absolute atomic E-state index is 12.1. The first kappa shape index (κ1) is 20.9. The Labute approximate surface area is 136 Å². The van der Waals surface area contributed by atoms with Gasteiger partial charge in [-0.3, -0.25) is 0 Å². The molecule has 128 valence electrons. The van der Waals surface area contributed by atoms with E-state index in [0.29, 0.717) is 23.2 Å². The summed E-state index contributed by atoms with van der Waals surface area (Å²) in [5.41, 5.74) is 0.962. The zero-order chi connectivity index (χ0) is 17.3. The van der Waals surface area contributed by atoms with Crippen LogP contribution in [0.5, 0.6) is 0 Å². The van der Waals surface area contributed by atoms with E-state index < -0.39 is 20.3 Å². The largest absolute Gasteiger partial charge is 0.515 e. The third kappa shape index (κ3) is 5.95. The second-order valence-corrected chi connectivity index (χ2v) is 12.0. The number of hydrogen-bond acceptors (Lipinski definition) is 4. The Morgan fingerprint density at radius 2 is 1.36 bits per heavy atom. The molecule has 0 aromatic carbocycles. The van der Waals surface area contributed by atoms with Gasteiger partial charge >= 0.3 is 11.9 Å². The van der Waals surface area contributed by atoms with Crippen molar-refractivity contribution >= 4 is 20.3 Å². The van der Waals surface area contributed by atoms with Crippen molar-refractivity contribution in [1.29, 1.82) is 0 Å². The first-order valence-electron chi connectivity index (χ1n) is 8.26. The van der Waals surface area contributed by atoms with Crippen molar-refractivity contribution in [2.75, 3.05) is 6.61 Å². The predicted octanol–water partition coefficient (Wildman–Crippen LogP) is 4.60. The number of carbonyl (C=O) groups excluding carboxylic acids is 2. The molecule has 22 heavy (non-hydrogen) atoms. The third-order valence-electron chi connectivity index (χ3n) is 4.08. The maximum Gasteiger partial charge on any atom is 0.331 e. The van der Waals surface area contributed by atoms with E-state index in [0.717, 1.165) is 18.9 Å². The zero-order valence-corrected chi connectivity index (χ0v) is 16.1. The molecule has 0 atom stereocenters. The van der Waals surface area contributed by atoms with Gasteiger partial charge in [-0.05, 0) is 23.0 Å². The van der Waals surface area contributed by atoms with Crippen LogP contribution in [0.3, 0.4) is 0 Å². The van der Waals surface area contributed by atoms with Gasteiger partial charge < -0.3 is 9.16 Å². The number of carbonyl (C=O) groups is 2. The van der Waals surface area contributed by atoms with Crippen LogP contribution >= 0.6 is 0 Å². The van der Waals surface area contributed by atoms with Crippen LogP contribution in [0.25, 0.3) is 0 Å². The summed E-state index contributed by atoms with van der Waals surface area (Å²) < 4.78 is 10.9. The molecule has 0 bridgehead atoms. The van der Waals surface area contributed by atoms with Crippen LogP contribution in [0.2, 0.25) is 16.6 Å². The molecule has 0 aliphatic heterocycles. The second kappa shape index (κ2) is 9.82. The third-order valence-corrected chi connectivity index (χ3v) is 10.1. The van der Waals surface area contributed by atoms with Gasteiger partial charge in [0.1, 0.15) is 0 Å². The summed E-state index contributed by atoms with van der Waals surface area (Å²) in [5, 5.41) is 0. The first-order valence-corrected chi connectivity index (χ1v) is 10.4. The van der Waals surface area contributed by atoms with Gasteiger partial charge in [0.25, 0.3) is 8.32 Å². The molecule has 0 radical (unpaired) electrons. The fourth-order valence-electron chi connectivity index (χ4n) is 3.06. The van der Waals surface area contributed by atoms with E-state index >= 15 is 0 Å². The standard InChI is InChI=1S/C17H32O4Si/c1-8-9-12-20-16(18)10-11-17(19)21-22(13(2)3,14(4)5)15(6)7/h10-11,13-15H,8-9,12H2,1-7H3/b11-10+. The van der Waals surface area contributed by atoms with E-state index in [1.54, 1.807) is 0 Å². The van der Waals surface area contributed by atoms with Crippen LogP contribution in [0.1, 0.15) is 61.3 Å². The van der Waals surface area contributed by atoms with Crippen LogP contribution in [0.4, 0.5) is 0 Å². The SMILES string of the molecule is CCCCOC(=O)/C=C/C(=O)O[Si](C(C)C)(C(C)C)C(C)C. The van der Waals surface area contributed by atoms with Crippen LogP contribution in [-0.2, 0) is 18.8 Å². The molecule has 0 unspecified atom stereocenters. The van der Waals surface area contributed by atoms with Crippen molar-refractivity contribution in [3.05, 3.63) is 12.2 Å². The van der Waals surface area contributed by atoms with E-state index in [1.807, 2.05) is 6.92 Å². The monoisotopic (exact) mass is 328 g/mol. The summed E-state index contributed by atoms with van der Waals surface area (Å²) >= 11 is 0. The summed E-state index contributed by atoms with van der Waals surface area (Å²) in [4.78, 5) is 23.6. The molecule has 0 rings (SSSR count). The van der Waals surface area contributed by atoms with Crippen molar-refractivity contribution in [3.8, 4) is 0 Å². The molecule has 0 saturated carbocycles. The highest BCUT2D eigenvalue weighted by molar-refractivity contribution is 6.79. The molecular formula is C17H32O4Si. The summed E-state index contributed by atoms with van der Waals surface area (Å²) in [6, 6.07) is 0. The molecule has 0 N–H and O–H groups in total. The topological polar surface area (TPSA) is 52.6 Å². The Morgan fingerprint density at radius 1 is 0.909 bits per heavy atom. The van der Waals surface area contributed by atoms with E-state index in [-0.39, 0.29) is 0 Å². The van der Waals surface area contributed by atoms with Gasteiger partial charge in [-0.25, -0.2) is 9.59 Å². The molecule has 0 heterocycles. The molecule has 0 aliphatic rings. The molecule has 0 aromatic heterocycles. The van der Waals surface area contributed by atoms with Crippen LogP contribution in [-0.4, -0.2) is 26.9 Å². The molecule has 4 nitrogen and oxygen atoms in total. The minimum Gasteiger partial charge on any atom is -0.515 e. The number of hydrogen-bond donors (Lipinski definition) is 0. The number of unbranched alkanes of at least 4 members (excludes halogenated alkanes) is 1. The molecule has 0 spiro atoms. The van der Waals surface area contributed by atoms with Gasteiger partial charge in [0.2, 0.25) is 0 Å². The van der Waals surface area contributed by atoms with Crippen molar-refractivity contribution in [1.82, 2.24) is 0 Å². The number of esters is 1. The lowest BCUT2D eigenvalue weighted by atomic mass is 10.4. The van der Waals surface area contributed by atoms with Crippen LogP contribution in [0.15, 0.2) is 12.2 Å². The van der Waals surface area contributed by atoms with E-state index in [1.165, 1.54) is 6.08 Å². The van der Waals surface area contributed by atoms with Crippen molar-refractivity contribution < 1.29 is 18.8 Å². The molecule has 0 aromatic rings. The average Bonchev–Trinajstić information content (AvgIpc) is 2.41. The summed E-state index contributed by atoms with van der Waals surface area (Å²) in [6.45, 7) is 15.1. The van der Waals surface area contributed by atoms with Crippen molar-refractivity contribution in [2.45, 2.75) is 77.9 Å². The van der Waals surface area contributed by atoms with E-state index in [4.69, 9.17) is 9.16 Å². The normalized spacial score (nSPS) is 12.5. The second-order valence-electron chi connectivity index (χ2n) is 6.59. The lowest BCUT2D eigenvalue weighted by molar-refractivity contribution is -0.138. The molecule has 0 amide bonds. The van der Waals surface area contributed by atoms with Gasteiger partial charge in [0.05, 0.1) is 6.61 Å². The number of ether oxygens (including phenoxy) is 1. The summed E-state index contributed by atoms with van der Waals surface area (Å²) in [7, 11) is -2.25. The quantitative estimate of drug-likeness (QED) is 0.268. The lowest BCUT2D eigenvalue weighted by Gasteiger charge is -2.40. The van der Waals surface area contributed by atoms with Crippen molar-refractivity contribution in [3.63, 3.8) is 0 Å². The highest BCUT2D eigenvalue weighted by atomic mass is 28.4. The minimum atomic E-state index is -2.25. The fourth-order valence-corrected chi connectivity index (χ4v) is 8.19. The molecule has 0 aliphatic carbocycles. The Balaban J connectivity index is 4.81. The van der Waals surface area contributed by atoms with Gasteiger partial charge in [-0.15, -0.1) is 0 Å². The summed E-state index contributed by atoms with van der Waals surface area (Å²) in [5.74, 6) is -0.925. The highest BCUT2D eigenvalue weighted by Gasteiger charge is 2.47. The maximum atomic E-state index is 12.1. The first-order chi connectivity index (χ1) is 10.2. The van der Waals surface area contributed by atoms with Gasteiger partial charge in [-0.1, -0.05) is 54.9 Å².